The van der Waals surface area contributed by atoms with Crippen LogP contribution in [0.25, 0.3) is 10.9 Å². The van der Waals surface area contributed by atoms with Crippen LogP contribution in [-0.2, 0) is 22.1 Å². The number of fused-ring (bicyclic) bond motifs is 1. The maximum absolute atomic E-state index is 13.1. The van der Waals surface area contributed by atoms with Crippen molar-refractivity contribution >= 4 is 22.6 Å². The highest BCUT2D eigenvalue weighted by Crippen LogP contribution is 2.38. The average Bonchev–Trinajstić information content (AvgIpc) is 3.00. The quantitative estimate of drug-likeness (QED) is 0.0812. The van der Waals surface area contributed by atoms with Crippen LogP contribution in [0.3, 0.4) is 0 Å². The van der Waals surface area contributed by atoms with E-state index >= 15 is 0 Å². The Hall–Kier alpha value is -4.60. The lowest BCUT2D eigenvalue weighted by atomic mass is 9.76. The van der Waals surface area contributed by atoms with Crippen LogP contribution < -0.4 is 10.3 Å². The molecule has 1 heterocycles. The monoisotopic (exact) mass is 586 g/mol. The van der Waals surface area contributed by atoms with E-state index in [1.807, 2.05) is 6.07 Å². The SMILES string of the molecule is CCC(C)(C)c1ccc(OCCOC(=O)c2ccccc2Cn2nnc3ccc([N+](=O)[O-])cc3c2=O)c(C(C)(C)CC)c1. The third-order valence-corrected chi connectivity index (χ3v) is 8.31. The number of hydrogen-bond donors (Lipinski definition) is 0. The molecule has 0 saturated carbocycles. The summed E-state index contributed by atoms with van der Waals surface area (Å²) >= 11 is 0. The van der Waals surface area contributed by atoms with Crippen molar-refractivity contribution in [2.75, 3.05) is 13.2 Å². The Bertz CT molecular complexity index is 1710. The molecule has 4 aromatic rings. The molecular weight excluding hydrogens is 548 g/mol. The highest BCUT2D eigenvalue weighted by molar-refractivity contribution is 5.91. The molecule has 0 aliphatic carbocycles. The number of carbonyl (C=O) groups is 1. The van der Waals surface area contributed by atoms with Crippen LogP contribution in [0.2, 0.25) is 0 Å². The molecule has 10 nitrogen and oxygen atoms in total. The van der Waals surface area contributed by atoms with Gasteiger partial charge in [-0.15, -0.1) is 5.10 Å². The molecule has 226 valence electrons. The highest BCUT2D eigenvalue weighted by atomic mass is 16.6. The van der Waals surface area contributed by atoms with Gasteiger partial charge in [0.15, 0.2) is 0 Å². The van der Waals surface area contributed by atoms with Gasteiger partial charge in [-0.25, -0.2) is 9.48 Å². The van der Waals surface area contributed by atoms with Crippen molar-refractivity contribution in [1.29, 1.82) is 0 Å². The fourth-order valence-corrected chi connectivity index (χ4v) is 4.66. The summed E-state index contributed by atoms with van der Waals surface area (Å²) in [6.45, 7) is 13.3. The largest absolute Gasteiger partial charge is 0.490 e. The van der Waals surface area contributed by atoms with Gasteiger partial charge in [0.1, 0.15) is 24.5 Å². The van der Waals surface area contributed by atoms with E-state index in [-0.39, 0.29) is 52.7 Å². The summed E-state index contributed by atoms with van der Waals surface area (Å²) in [7, 11) is 0. The van der Waals surface area contributed by atoms with Crippen molar-refractivity contribution in [3.8, 4) is 5.75 Å². The Morgan fingerprint density at radius 2 is 1.67 bits per heavy atom. The van der Waals surface area contributed by atoms with Gasteiger partial charge in [-0.2, -0.15) is 0 Å². The van der Waals surface area contributed by atoms with Crippen molar-refractivity contribution in [2.24, 2.45) is 0 Å². The summed E-state index contributed by atoms with van der Waals surface area (Å²) in [6, 6.07) is 16.9. The maximum Gasteiger partial charge on any atom is 0.338 e. The fraction of sp³-hybridized carbons (Fsp3) is 0.394. The predicted octanol–water partition coefficient (Wildman–Crippen LogP) is 6.36. The van der Waals surface area contributed by atoms with E-state index in [1.54, 1.807) is 24.3 Å². The zero-order valence-electron chi connectivity index (χ0n) is 25.5. The average molecular weight is 587 g/mol. The van der Waals surface area contributed by atoms with Gasteiger partial charge >= 0.3 is 5.97 Å². The Labute approximate surface area is 250 Å². The molecule has 0 atom stereocenters. The van der Waals surface area contributed by atoms with Gasteiger partial charge in [-0.05, 0) is 53.0 Å². The number of ether oxygens (including phenoxy) is 2. The molecule has 0 amide bonds. The lowest BCUT2D eigenvalue weighted by molar-refractivity contribution is -0.384. The lowest BCUT2D eigenvalue weighted by Gasteiger charge is -2.30. The molecule has 0 aliphatic heterocycles. The van der Waals surface area contributed by atoms with E-state index < -0.39 is 16.5 Å². The molecule has 43 heavy (non-hydrogen) atoms. The smallest absolute Gasteiger partial charge is 0.338 e. The number of nitro benzene ring substituents is 1. The van der Waals surface area contributed by atoms with Crippen molar-refractivity contribution in [3.05, 3.63) is 103 Å². The van der Waals surface area contributed by atoms with Crippen molar-refractivity contribution in [3.63, 3.8) is 0 Å². The van der Waals surface area contributed by atoms with E-state index in [0.717, 1.165) is 28.8 Å². The van der Waals surface area contributed by atoms with Crippen molar-refractivity contribution in [2.45, 2.75) is 71.8 Å². The summed E-state index contributed by atoms with van der Waals surface area (Å²) in [5.74, 6) is 0.208. The van der Waals surface area contributed by atoms with Crippen LogP contribution >= 0.6 is 0 Å². The van der Waals surface area contributed by atoms with Crippen LogP contribution in [0, 0.1) is 10.1 Å². The summed E-state index contributed by atoms with van der Waals surface area (Å²) in [5.41, 5.74) is 2.57. The molecule has 0 bridgehead atoms. The molecule has 0 unspecified atom stereocenters. The van der Waals surface area contributed by atoms with Crippen molar-refractivity contribution in [1.82, 2.24) is 15.0 Å². The topological polar surface area (TPSA) is 126 Å². The summed E-state index contributed by atoms with van der Waals surface area (Å²) in [4.78, 5) is 36.7. The van der Waals surface area contributed by atoms with E-state index in [4.69, 9.17) is 9.47 Å². The summed E-state index contributed by atoms with van der Waals surface area (Å²) in [6.07, 6.45) is 1.95. The number of esters is 1. The standard InChI is InChI=1S/C33H38N4O6/c1-7-32(3,4)23-13-16-29(27(19-23)33(5,6)8-2)42-17-18-43-31(39)25-12-10-9-11-22(25)21-36-30(38)26-20-24(37(40)41)14-15-28(26)34-35-36/h9-16,19-20H,7-8,17-18,21H2,1-6H3. The number of nitro groups is 1. The van der Waals surface area contributed by atoms with Gasteiger partial charge in [0, 0.05) is 17.7 Å². The van der Waals surface area contributed by atoms with Gasteiger partial charge in [0.2, 0.25) is 0 Å². The molecular formula is C33H38N4O6. The number of carbonyl (C=O) groups excluding carboxylic acids is 1. The Balaban J connectivity index is 1.47. The van der Waals surface area contributed by atoms with Crippen LogP contribution in [0.15, 0.2) is 65.5 Å². The Kier molecular flexibility index (Phi) is 9.27. The van der Waals surface area contributed by atoms with Crippen LogP contribution in [0.5, 0.6) is 5.75 Å². The second kappa shape index (κ2) is 12.7. The minimum absolute atomic E-state index is 0.0285. The Morgan fingerprint density at radius 1 is 0.953 bits per heavy atom. The first-order chi connectivity index (χ1) is 20.4. The zero-order chi connectivity index (χ0) is 31.4. The van der Waals surface area contributed by atoms with Crippen LogP contribution in [0.4, 0.5) is 5.69 Å². The third-order valence-electron chi connectivity index (χ3n) is 8.31. The minimum atomic E-state index is -0.577. The van der Waals surface area contributed by atoms with E-state index in [0.29, 0.717) is 5.56 Å². The number of rotatable bonds is 12. The molecule has 0 N–H and O–H groups in total. The molecule has 0 fully saturated rings. The van der Waals surface area contributed by atoms with Gasteiger partial charge in [0.25, 0.3) is 11.2 Å². The third kappa shape index (κ3) is 6.90. The molecule has 0 spiro atoms. The lowest BCUT2D eigenvalue weighted by Crippen LogP contribution is -2.26. The molecule has 0 aliphatic rings. The Morgan fingerprint density at radius 3 is 2.37 bits per heavy atom. The van der Waals surface area contributed by atoms with Gasteiger partial charge in [-0.3, -0.25) is 14.9 Å². The number of benzene rings is 3. The maximum atomic E-state index is 13.1. The van der Waals surface area contributed by atoms with Crippen LogP contribution in [-0.4, -0.2) is 39.1 Å². The number of non-ortho nitro benzene ring substituents is 1. The highest BCUT2D eigenvalue weighted by Gasteiger charge is 2.27. The molecule has 1 aromatic heterocycles. The molecule has 0 saturated heterocycles. The van der Waals surface area contributed by atoms with E-state index in [2.05, 4.69) is 64.0 Å². The first-order valence-electron chi connectivity index (χ1n) is 14.4. The molecule has 10 heteroatoms. The predicted molar refractivity (Wildman–Crippen MR) is 165 cm³/mol. The second-order valence-corrected chi connectivity index (χ2v) is 11.8. The first-order valence-corrected chi connectivity index (χ1v) is 14.4. The number of aromatic nitrogens is 3. The number of hydrogen-bond acceptors (Lipinski definition) is 8. The van der Waals surface area contributed by atoms with Crippen LogP contribution in [0.1, 0.15) is 81.4 Å². The zero-order valence-corrected chi connectivity index (χ0v) is 25.5. The second-order valence-electron chi connectivity index (χ2n) is 11.8. The van der Waals surface area contributed by atoms with E-state index in [9.17, 15) is 19.7 Å². The van der Waals surface area contributed by atoms with Gasteiger partial charge < -0.3 is 9.47 Å². The summed E-state index contributed by atoms with van der Waals surface area (Å²) < 4.78 is 12.8. The van der Waals surface area contributed by atoms with Crippen molar-refractivity contribution < 1.29 is 19.2 Å². The molecule has 4 rings (SSSR count). The molecule has 3 aromatic carbocycles. The van der Waals surface area contributed by atoms with E-state index in [1.165, 1.54) is 23.8 Å². The minimum Gasteiger partial charge on any atom is -0.490 e. The molecule has 0 radical (unpaired) electrons. The number of nitrogens with zero attached hydrogens (tertiary/aromatic N) is 4. The summed E-state index contributed by atoms with van der Waals surface area (Å²) in [5, 5.41) is 19.2. The fourth-order valence-electron chi connectivity index (χ4n) is 4.66. The normalized spacial score (nSPS) is 11.9. The first kappa shape index (κ1) is 31.3. The van der Waals surface area contributed by atoms with Gasteiger partial charge in [-0.1, -0.05) is 77.1 Å². The van der Waals surface area contributed by atoms with Gasteiger partial charge in [0.05, 0.1) is 22.4 Å².